The first-order valence-electron chi connectivity index (χ1n) is 7.59. The lowest BCUT2D eigenvalue weighted by Crippen LogP contribution is -2.32. The lowest BCUT2D eigenvalue weighted by atomic mass is 10.0. The van der Waals surface area contributed by atoms with Crippen molar-refractivity contribution in [3.63, 3.8) is 0 Å². The van der Waals surface area contributed by atoms with E-state index in [1.807, 2.05) is 0 Å². The van der Waals surface area contributed by atoms with Crippen LogP contribution in [0.1, 0.15) is 37.8 Å². The number of benzene rings is 1. The molecule has 3 heteroatoms. The number of nitrogens with one attached hydrogen (secondary N) is 1. The van der Waals surface area contributed by atoms with E-state index in [1.54, 1.807) is 0 Å². The summed E-state index contributed by atoms with van der Waals surface area (Å²) in [7, 11) is 0. The van der Waals surface area contributed by atoms with Gasteiger partial charge in [0.25, 0.3) is 0 Å². The van der Waals surface area contributed by atoms with E-state index in [4.69, 9.17) is 4.74 Å². The molecule has 1 heterocycles. The van der Waals surface area contributed by atoms with Crippen LogP contribution in [0.15, 0.2) is 24.3 Å². The molecule has 0 spiro atoms. The fourth-order valence-electron chi connectivity index (χ4n) is 2.55. The third-order valence-corrected chi connectivity index (χ3v) is 3.58. The Labute approximate surface area is 121 Å². The van der Waals surface area contributed by atoms with Gasteiger partial charge < -0.3 is 10.1 Å². The molecule has 3 nitrogen and oxygen atoms in total. The fraction of sp³-hybridized carbons (Fsp3) is 0.588. The van der Waals surface area contributed by atoms with Crippen molar-refractivity contribution < 1.29 is 9.53 Å². The van der Waals surface area contributed by atoms with Gasteiger partial charge in [0.15, 0.2) is 0 Å². The van der Waals surface area contributed by atoms with E-state index in [0.717, 1.165) is 31.4 Å². The molecule has 20 heavy (non-hydrogen) atoms. The Bertz CT molecular complexity index is 419. The molecule has 1 fully saturated rings. The summed E-state index contributed by atoms with van der Waals surface area (Å²) in [6.07, 6.45) is 3.93. The maximum atomic E-state index is 11.9. The average molecular weight is 275 g/mol. The maximum absolute atomic E-state index is 11.9. The van der Waals surface area contributed by atoms with Crippen molar-refractivity contribution in [3.05, 3.63) is 35.4 Å². The second-order valence-electron chi connectivity index (χ2n) is 6.03. The first-order valence-corrected chi connectivity index (χ1v) is 7.59. The molecular formula is C17H25NO2. The van der Waals surface area contributed by atoms with Crippen LogP contribution in [0, 0.1) is 5.92 Å². The van der Waals surface area contributed by atoms with E-state index in [1.165, 1.54) is 5.56 Å². The monoisotopic (exact) mass is 275 g/mol. The highest BCUT2D eigenvalue weighted by Crippen LogP contribution is 2.12. The third-order valence-electron chi connectivity index (χ3n) is 3.58. The number of ether oxygens (including phenoxy) is 1. The van der Waals surface area contributed by atoms with Gasteiger partial charge in [-0.25, -0.2) is 0 Å². The number of carbonyl (C=O) groups excluding carboxylic acids is 1. The summed E-state index contributed by atoms with van der Waals surface area (Å²) in [5.41, 5.74) is 2.41. The van der Waals surface area contributed by atoms with Gasteiger partial charge in [-0.2, -0.15) is 0 Å². The van der Waals surface area contributed by atoms with E-state index < -0.39 is 0 Å². The van der Waals surface area contributed by atoms with E-state index in [-0.39, 0.29) is 12.0 Å². The maximum Gasteiger partial charge on any atom is 0.224 e. The molecule has 0 aliphatic carbocycles. The standard InChI is InChI=1S/C17H25NO2/c1-13(2)10-14-5-7-15(8-6-14)11-17(19)18-12-16-4-3-9-20-16/h5-8,13,16H,3-4,9-12H2,1-2H3,(H,18,19). The molecule has 1 atom stereocenters. The molecule has 0 aromatic heterocycles. The van der Waals surface area contributed by atoms with Gasteiger partial charge in [0.1, 0.15) is 0 Å². The smallest absolute Gasteiger partial charge is 0.224 e. The third kappa shape index (κ3) is 4.97. The van der Waals surface area contributed by atoms with Crippen LogP contribution in [-0.2, 0) is 22.4 Å². The fourth-order valence-corrected chi connectivity index (χ4v) is 2.55. The van der Waals surface area contributed by atoms with E-state index in [2.05, 4.69) is 43.4 Å². The largest absolute Gasteiger partial charge is 0.376 e. The number of hydrogen-bond donors (Lipinski definition) is 1. The van der Waals surface area contributed by atoms with Gasteiger partial charge in [-0.05, 0) is 36.3 Å². The Morgan fingerprint density at radius 1 is 1.30 bits per heavy atom. The van der Waals surface area contributed by atoms with Crippen molar-refractivity contribution in [1.29, 1.82) is 0 Å². The second kappa shape index (κ2) is 7.44. The number of carbonyl (C=O) groups is 1. The lowest BCUT2D eigenvalue weighted by molar-refractivity contribution is -0.120. The van der Waals surface area contributed by atoms with Gasteiger partial charge in [-0.3, -0.25) is 4.79 Å². The number of rotatable bonds is 6. The van der Waals surface area contributed by atoms with Crippen LogP contribution in [0.4, 0.5) is 0 Å². The summed E-state index contributed by atoms with van der Waals surface area (Å²) in [5, 5.41) is 2.96. The molecule has 1 aromatic carbocycles. The Morgan fingerprint density at radius 2 is 2.00 bits per heavy atom. The summed E-state index contributed by atoms with van der Waals surface area (Å²) in [5.74, 6) is 0.743. The molecule has 0 saturated carbocycles. The van der Waals surface area contributed by atoms with Gasteiger partial charge in [-0.15, -0.1) is 0 Å². The van der Waals surface area contributed by atoms with Crippen LogP contribution in [0.2, 0.25) is 0 Å². The molecule has 0 bridgehead atoms. The first-order chi connectivity index (χ1) is 9.63. The zero-order chi connectivity index (χ0) is 14.4. The Balaban J connectivity index is 1.75. The molecule has 1 amide bonds. The average Bonchev–Trinajstić information content (AvgIpc) is 2.91. The topological polar surface area (TPSA) is 38.3 Å². The van der Waals surface area contributed by atoms with Crippen LogP contribution in [0.25, 0.3) is 0 Å². The molecule has 1 aromatic rings. The highest BCUT2D eigenvalue weighted by molar-refractivity contribution is 5.78. The Kier molecular flexibility index (Phi) is 5.60. The predicted molar refractivity (Wildman–Crippen MR) is 80.7 cm³/mol. The SMILES string of the molecule is CC(C)Cc1ccc(CC(=O)NCC2CCCO2)cc1. The van der Waals surface area contributed by atoms with Crippen LogP contribution in [-0.4, -0.2) is 25.2 Å². The Hall–Kier alpha value is -1.35. The summed E-state index contributed by atoms with van der Waals surface area (Å²) in [4.78, 5) is 11.9. The van der Waals surface area contributed by atoms with Crippen molar-refractivity contribution in [1.82, 2.24) is 5.32 Å². The molecule has 1 unspecified atom stereocenters. The summed E-state index contributed by atoms with van der Waals surface area (Å²) in [6, 6.07) is 8.37. The zero-order valence-electron chi connectivity index (χ0n) is 12.5. The molecule has 110 valence electrons. The molecule has 0 radical (unpaired) electrons. The van der Waals surface area contributed by atoms with Crippen molar-refractivity contribution in [2.24, 2.45) is 5.92 Å². The van der Waals surface area contributed by atoms with Gasteiger partial charge in [-0.1, -0.05) is 38.1 Å². The minimum absolute atomic E-state index is 0.0807. The summed E-state index contributed by atoms with van der Waals surface area (Å²) in [6.45, 7) is 5.90. The molecule has 2 rings (SSSR count). The minimum Gasteiger partial charge on any atom is -0.376 e. The van der Waals surface area contributed by atoms with Crippen molar-refractivity contribution in [2.45, 2.75) is 45.6 Å². The lowest BCUT2D eigenvalue weighted by Gasteiger charge is -2.11. The van der Waals surface area contributed by atoms with Gasteiger partial charge in [0, 0.05) is 13.2 Å². The number of hydrogen-bond acceptors (Lipinski definition) is 2. The Morgan fingerprint density at radius 3 is 2.60 bits per heavy atom. The van der Waals surface area contributed by atoms with Gasteiger partial charge in [0.2, 0.25) is 5.91 Å². The predicted octanol–water partition coefficient (Wildman–Crippen LogP) is 2.72. The quantitative estimate of drug-likeness (QED) is 0.867. The zero-order valence-corrected chi connectivity index (χ0v) is 12.5. The molecule has 1 N–H and O–H groups in total. The van der Waals surface area contributed by atoms with E-state index >= 15 is 0 Å². The summed E-state index contributed by atoms with van der Waals surface area (Å²) < 4.78 is 5.49. The molecular weight excluding hydrogens is 250 g/mol. The van der Waals surface area contributed by atoms with E-state index in [0.29, 0.717) is 18.9 Å². The molecule has 1 aliphatic rings. The highest BCUT2D eigenvalue weighted by Gasteiger charge is 2.16. The molecule has 1 saturated heterocycles. The number of amides is 1. The minimum atomic E-state index is 0.0807. The van der Waals surface area contributed by atoms with E-state index in [9.17, 15) is 4.79 Å². The first kappa shape index (κ1) is 15.0. The van der Waals surface area contributed by atoms with Crippen LogP contribution < -0.4 is 5.32 Å². The van der Waals surface area contributed by atoms with Gasteiger partial charge >= 0.3 is 0 Å². The molecule has 1 aliphatic heterocycles. The highest BCUT2D eigenvalue weighted by atomic mass is 16.5. The van der Waals surface area contributed by atoms with Crippen molar-refractivity contribution >= 4 is 5.91 Å². The van der Waals surface area contributed by atoms with Crippen molar-refractivity contribution in [2.75, 3.05) is 13.2 Å². The summed E-state index contributed by atoms with van der Waals surface area (Å²) >= 11 is 0. The normalized spacial score (nSPS) is 18.4. The van der Waals surface area contributed by atoms with Crippen LogP contribution in [0.5, 0.6) is 0 Å². The van der Waals surface area contributed by atoms with Crippen LogP contribution >= 0.6 is 0 Å². The second-order valence-corrected chi connectivity index (χ2v) is 6.03. The van der Waals surface area contributed by atoms with Crippen LogP contribution in [0.3, 0.4) is 0 Å². The van der Waals surface area contributed by atoms with Gasteiger partial charge in [0.05, 0.1) is 12.5 Å². The van der Waals surface area contributed by atoms with Crippen molar-refractivity contribution in [3.8, 4) is 0 Å².